The largest absolute Gasteiger partial charge is 0.319 e. The predicted molar refractivity (Wildman–Crippen MR) is 116 cm³/mol. The van der Waals surface area contributed by atoms with Crippen LogP contribution < -0.4 is 5.32 Å². The molecule has 5 nitrogen and oxygen atoms in total. The molecular weight excluding hydrogens is 403 g/mol. The van der Waals surface area contributed by atoms with Crippen molar-refractivity contribution < 1.29 is 9.18 Å². The van der Waals surface area contributed by atoms with Crippen molar-refractivity contribution in [2.24, 2.45) is 0 Å². The minimum absolute atomic E-state index is 0.00356. The number of aryl methyl sites for hydroxylation is 1. The van der Waals surface area contributed by atoms with Gasteiger partial charge in [0.2, 0.25) is 5.82 Å². The van der Waals surface area contributed by atoms with Crippen molar-refractivity contribution in [2.45, 2.75) is 13.3 Å². The van der Waals surface area contributed by atoms with Gasteiger partial charge in [0, 0.05) is 16.3 Å². The second-order valence-corrected chi connectivity index (χ2v) is 7.10. The topological polar surface area (TPSA) is 59.8 Å². The SMILES string of the molecule is CCc1ccc(NC(=O)c2nc(-c3ccc(Cl)cc3)n(-c3ccc(F)cc3)n2)cc1. The molecule has 0 radical (unpaired) electrons. The Hall–Kier alpha value is -3.51. The van der Waals surface area contributed by atoms with Gasteiger partial charge in [-0.2, -0.15) is 0 Å². The molecule has 1 amide bonds. The van der Waals surface area contributed by atoms with E-state index in [1.807, 2.05) is 24.3 Å². The first kappa shape index (κ1) is 19.8. The highest BCUT2D eigenvalue weighted by Crippen LogP contribution is 2.23. The summed E-state index contributed by atoms with van der Waals surface area (Å²) >= 11 is 5.99. The second-order valence-electron chi connectivity index (χ2n) is 6.66. The molecule has 0 aliphatic carbocycles. The standard InChI is InChI=1S/C23H18ClFN4O/c1-2-15-3-11-19(12-4-15)26-23(30)21-27-22(16-5-7-17(24)8-6-16)29(28-21)20-13-9-18(25)10-14-20/h3-14H,2H2,1H3,(H,26,30). The van der Waals surface area contributed by atoms with Gasteiger partial charge in [0.15, 0.2) is 5.82 Å². The van der Waals surface area contributed by atoms with E-state index in [-0.39, 0.29) is 11.6 Å². The van der Waals surface area contributed by atoms with Gasteiger partial charge in [0.25, 0.3) is 5.91 Å². The molecule has 1 heterocycles. The number of nitrogens with zero attached hydrogens (tertiary/aromatic N) is 3. The zero-order valence-electron chi connectivity index (χ0n) is 16.1. The second kappa shape index (κ2) is 8.47. The van der Waals surface area contributed by atoms with E-state index in [0.29, 0.717) is 22.2 Å². The summed E-state index contributed by atoms with van der Waals surface area (Å²) in [7, 11) is 0. The summed E-state index contributed by atoms with van der Waals surface area (Å²) in [6.45, 7) is 2.07. The fourth-order valence-electron chi connectivity index (χ4n) is 2.97. The summed E-state index contributed by atoms with van der Waals surface area (Å²) in [4.78, 5) is 17.2. The van der Waals surface area contributed by atoms with Gasteiger partial charge in [0.05, 0.1) is 5.69 Å². The summed E-state index contributed by atoms with van der Waals surface area (Å²) in [5, 5.41) is 7.77. The fraction of sp³-hybridized carbons (Fsp3) is 0.0870. The molecule has 0 aliphatic heterocycles. The lowest BCUT2D eigenvalue weighted by molar-refractivity contribution is 0.101. The van der Waals surface area contributed by atoms with E-state index >= 15 is 0 Å². The van der Waals surface area contributed by atoms with E-state index in [9.17, 15) is 9.18 Å². The third-order valence-corrected chi connectivity index (χ3v) is 4.86. The van der Waals surface area contributed by atoms with Gasteiger partial charge < -0.3 is 5.32 Å². The van der Waals surface area contributed by atoms with Crippen LogP contribution in [0.4, 0.5) is 10.1 Å². The number of hydrogen-bond donors (Lipinski definition) is 1. The van der Waals surface area contributed by atoms with Crippen LogP contribution in [0, 0.1) is 5.82 Å². The molecule has 0 saturated carbocycles. The Kier molecular flexibility index (Phi) is 5.59. The van der Waals surface area contributed by atoms with Crippen LogP contribution in [0.2, 0.25) is 5.02 Å². The lowest BCUT2D eigenvalue weighted by Crippen LogP contribution is -2.14. The number of amides is 1. The summed E-state index contributed by atoms with van der Waals surface area (Å²) < 4.78 is 14.9. The Labute approximate surface area is 178 Å². The van der Waals surface area contributed by atoms with Crippen molar-refractivity contribution in [3.05, 3.63) is 95.0 Å². The highest BCUT2D eigenvalue weighted by molar-refractivity contribution is 6.30. The van der Waals surface area contributed by atoms with Gasteiger partial charge in [0.1, 0.15) is 5.82 Å². The van der Waals surface area contributed by atoms with Gasteiger partial charge in [-0.1, -0.05) is 30.7 Å². The van der Waals surface area contributed by atoms with Crippen molar-refractivity contribution in [3.8, 4) is 17.1 Å². The smallest absolute Gasteiger partial charge is 0.295 e. The minimum Gasteiger partial charge on any atom is -0.319 e. The Bertz CT molecular complexity index is 1110. The highest BCUT2D eigenvalue weighted by atomic mass is 35.5. The molecule has 0 unspecified atom stereocenters. The van der Waals surface area contributed by atoms with Gasteiger partial charge in [-0.05, 0) is 72.6 Å². The lowest BCUT2D eigenvalue weighted by atomic mass is 10.1. The van der Waals surface area contributed by atoms with Crippen LogP contribution in [0.3, 0.4) is 0 Å². The van der Waals surface area contributed by atoms with Crippen molar-refractivity contribution in [3.63, 3.8) is 0 Å². The molecule has 150 valence electrons. The molecule has 4 aromatic rings. The van der Waals surface area contributed by atoms with Crippen LogP contribution in [-0.4, -0.2) is 20.7 Å². The van der Waals surface area contributed by atoms with E-state index in [2.05, 4.69) is 22.3 Å². The average molecular weight is 421 g/mol. The number of rotatable bonds is 5. The van der Waals surface area contributed by atoms with Crippen LogP contribution in [-0.2, 0) is 6.42 Å². The van der Waals surface area contributed by atoms with Gasteiger partial charge in [-0.25, -0.2) is 14.1 Å². The molecular formula is C23H18ClFN4O. The molecule has 0 spiro atoms. The first-order valence-corrected chi connectivity index (χ1v) is 9.80. The van der Waals surface area contributed by atoms with Crippen molar-refractivity contribution in [2.75, 3.05) is 5.32 Å². The molecule has 0 fully saturated rings. The molecule has 1 N–H and O–H groups in total. The average Bonchev–Trinajstić information content (AvgIpc) is 3.21. The number of benzene rings is 3. The van der Waals surface area contributed by atoms with Gasteiger partial charge in [-0.3, -0.25) is 4.79 Å². The van der Waals surface area contributed by atoms with Crippen molar-refractivity contribution in [1.29, 1.82) is 0 Å². The first-order valence-electron chi connectivity index (χ1n) is 9.42. The van der Waals surface area contributed by atoms with E-state index < -0.39 is 5.91 Å². The third kappa shape index (κ3) is 4.23. The number of carbonyl (C=O) groups is 1. The zero-order valence-corrected chi connectivity index (χ0v) is 16.9. The molecule has 30 heavy (non-hydrogen) atoms. The number of anilines is 1. The molecule has 7 heteroatoms. The van der Waals surface area contributed by atoms with Crippen molar-refractivity contribution in [1.82, 2.24) is 14.8 Å². The molecule has 4 rings (SSSR count). The Morgan fingerprint density at radius 1 is 1.00 bits per heavy atom. The number of hydrogen-bond acceptors (Lipinski definition) is 3. The Morgan fingerprint density at radius 2 is 1.67 bits per heavy atom. The van der Waals surface area contributed by atoms with Crippen LogP contribution in [0.5, 0.6) is 0 Å². The molecule has 0 atom stereocenters. The van der Waals surface area contributed by atoms with E-state index in [1.165, 1.54) is 22.4 Å². The van der Waals surface area contributed by atoms with Crippen molar-refractivity contribution >= 4 is 23.2 Å². The first-order chi connectivity index (χ1) is 14.5. The number of aromatic nitrogens is 3. The molecule has 0 aliphatic rings. The van der Waals surface area contributed by atoms with E-state index in [0.717, 1.165) is 12.0 Å². The predicted octanol–water partition coefficient (Wildman–Crippen LogP) is 5.54. The maximum atomic E-state index is 13.4. The maximum absolute atomic E-state index is 13.4. The van der Waals surface area contributed by atoms with Crippen LogP contribution in [0.1, 0.15) is 23.1 Å². The summed E-state index contributed by atoms with van der Waals surface area (Å²) in [5.41, 5.74) is 3.14. The van der Waals surface area contributed by atoms with Crippen LogP contribution >= 0.6 is 11.6 Å². The molecule has 3 aromatic carbocycles. The Balaban J connectivity index is 1.71. The monoisotopic (exact) mass is 420 g/mol. The normalized spacial score (nSPS) is 10.8. The quantitative estimate of drug-likeness (QED) is 0.461. The van der Waals surface area contributed by atoms with E-state index in [1.54, 1.807) is 36.4 Å². The minimum atomic E-state index is -0.435. The molecule has 0 bridgehead atoms. The fourth-order valence-corrected chi connectivity index (χ4v) is 3.09. The Morgan fingerprint density at radius 3 is 2.30 bits per heavy atom. The van der Waals surface area contributed by atoms with Gasteiger partial charge >= 0.3 is 0 Å². The lowest BCUT2D eigenvalue weighted by Gasteiger charge is -2.06. The third-order valence-electron chi connectivity index (χ3n) is 4.60. The van der Waals surface area contributed by atoms with Crippen LogP contribution in [0.15, 0.2) is 72.8 Å². The highest BCUT2D eigenvalue weighted by Gasteiger charge is 2.19. The molecule has 0 saturated heterocycles. The number of nitrogens with one attached hydrogen (secondary N) is 1. The summed E-state index contributed by atoms with van der Waals surface area (Å²) in [6.07, 6.45) is 0.919. The summed E-state index contributed by atoms with van der Waals surface area (Å²) in [6, 6.07) is 20.5. The number of carbonyl (C=O) groups excluding carboxylic acids is 1. The zero-order chi connectivity index (χ0) is 21.1. The number of halogens is 2. The summed E-state index contributed by atoms with van der Waals surface area (Å²) in [5.74, 6) is -0.343. The molecule has 1 aromatic heterocycles. The van der Waals surface area contributed by atoms with E-state index in [4.69, 9.17) is 11.6 Å². The van der Waals surface area contributed by atoms with Crippen LogP contribution in [0.25, 0.3) is 17.1 Å². The van der Waals surface area contributed by atoms with Gasteiger partial charge in [-0.15, -0.1) is 5.10 Å². The maximum Gasteiger partial charge on any atom is 0.295 e.